The fourth-order valence-electron chi connectivity index (χ4n) is 6.57. The van der Waals surface area contributed by atoms with Crippen molar-refractivity contribution in [2.75, 3.05) is 12.4 Å². The Kier molecular flexibility index (Phi) is 5.14. The van der Waals surface area contributed by atoms with E-state index in [1.165, 1.54) is 16.8 Å². The predicted molar refractivity (Wildman–Crippen MR) is 129 cm³/mol. The number of benzene rings is 2. The lowest BCUT2D eigenvalue weighted by Gasteiger charge is -2.43. The van der Waals surface area contributed by atoms with Crippen LogP contribution in [0.25, 0.3) is 0 Å². The van der Waals surface area contributed by atoms with Crippen molar-refractivity contribution >= 4 is 21.6 Å². The van der Waals surface area contributed by atoms with Crippen LogP contribution in [-0.2, 0) is 23.1 Å². The highest BCUT2D eigenvalue weighted by Gasteiger charge is 2.59. The molecule has 0 saturated heterocycles. The summed E-state index contributed by atoms with van der Waals surface area (Å²) < 4.78 is 28.7. The summed E-state index contributed by atoms with van der Waals surface area (Å²) in [4.78, 5) is 13.5. The highest BCUT2D eigenvalue weighted by Crippen LogP contribution is 2.62. The number of fused-ring (bicyclic) bond motifs is 3. The number of carbonyl (C=O) groups is 1. The summed E-state index contributed by atoms with van der Waals surface area (Å²) in [5.74, 6) is 0.415. The predicted octanol–water partition coefficient (Wildman–Crippen LogP) is 4.38. The third kappa shape index (κ3) is 3.48. The van der Waals surface area contributed by atoms with Crippen LogP contribution in [0.5, 0.6) is 0 Å². The summed E-state index contributed by atoms with van der Waals surface area (Å²) in [6.45, 7) is 7.45. The minimum atomic E-state index is -3.78. The number of rotatable bonds is 5. The van der Waals surface area contributed by atoms with E-state index in [-0.39, 0.29) is 27.7 Å². The van der Waals surface area contributed by atoms with E-state index in [2.05, 4.69) is 31.4 Å². The molecule has 1 aliphatic heterocycles. The molecule has 3 aliphatic rings. The first-order chi connectivity index (χ1) is 15.6. The van der Waals surface area contributed by atoms with Gasteiger partial charge < -0.3 is 10.6 Å². The molecule has 3 unspecified atom stereocenters. The maximum Gasteiger partial charge on any atom is 0.251 e. The van der Waals surface area contributed by atoms with Crippen molar-refractivity contribution in [3.63, 3.8) is 0 Å². The van der Waals surface area contributed by atoms with E-state index in [9.17, 15) is 13.2 Å². The fraction of sp³-hybridized carbons (Fsp3) is 0.500. The summed E-state index contributed by atoms with van der Waals surface area (Å²) in [6, 6.07) is 12.8. The number of hydrogen-bond donors (Lipinski definition) is 2. The van der Waals surface area contributed by atoms with Crippen LogP contribution >= 0.6 is 0 Å². The molecule has 2 bridgehead atoms. The summed E-state index contributed by atoms with van der Waals surface area (Å²) in [5, 5.41) is 6.28. The summed E-state index contributed by atoms with van der Waals surface area (Å²) in [6.07, 6.45) is 3.48. The number of sulfonamides is 1. The molecule has 2 aromatic carbocycles. The molecule has 1 amide bonds. The minimum Gasteiger partial charge on any atom is -0.387 e. The van der Waals surface area contributed by atoms with E-state index in [0.717, 1.165) is 24.0 Å². The van der Waals surface area contributed by atoms with Gasteiger partial charge in [0.2, 0.25) is 10.0 Å². The monoisotopic (exact) mass is 467 g/mol. The fourth-order valence-corrected chi connectivity index (χ4v) is 8.19. The topological polar surface area (TPSA) is 78.5 Å². The van der Waals surface area contributed by atoms with Gasteiger partial charge in [-0.2, -0.15) is 4.31 Å². The highest BCUT2D eigenvalue weighted by molar-refractivity contribution is 7.89. The van der Waals surface area contributed by atoms with E-state index < -0.39 is 10.0 Å². The molecule has 0 spiro atoms. The van der Waals surface area contributed by atoms with Gasteiger partial charge in [-0.15, -0.1) is 0 Å². The van der Waals surface area contributed by atoms with Crippen LogP contribution < -0.4 is 10.6 Å². The molecule has 2 aliphatic carbocycles. The van der Waals surface area contributed by atoms with Gasteiger partial charge in [0.25, 0.3) is 5.91 Å². The van der Waals surface area contributed by atoms with E-state index in [1.54, 1.807) is 19.2 Å². The summed E-state index contributed by atoms with van der Waals surface area (Å²) in [5.41, 5.74) is 3.05. The normalized spacial score (nSPS) is 28.0. The number of amides is 1. The number of nitrogens with one attached hydrogen (secondary N) is 2. The first-order valence-corrected chi connectivity index (χ1v) is 13.2. The third-order valence-electron chi connectivity index (χ3n) is 8.49. The van der Waals surface area contributed by atoms with Crippen LogP contribution in [0, 0.1) is 16.7 Å². The molecule has 2 N–H and O–H groups in total. The maximum atomic E-state index is 13.6. The van der Waals surface area contributed by atoms with Crippen molar-refractivity contribution in [2.45, 2.75) is 64.1 Å². The van der Waals surface area contributed by atoms with Crippen molar-refractivity contribution in [2.24, 2.45) is 16.7 Å². The van der Waals surface area contributed by atoms with Crippen LogP contribution in [0.3, 0.4) is 0 Å². The maximum absolute atomic E-state index is 13.6. The second kappa shape index (κ2) is 7.57. The number of carbonyl (C=O) groups excluding carboxylic acids is 1. The molecular weight excluding hydrogens is 434 g/mol. The van der Waals surface area contributed by atoms with E-state index >= 15 is 0 Å². The minimum absolute atomic E-state index is 0.0316. The van der Waals surface area contributed by atoms with Crippen molar-refractivity contribution < 1.29 is 13.2 Å². The Balaban J connectivity index is 1.44. The summed E-state index contributed by atoms with van der Waals surface area (Å²) in [7, 11) is -2.09. The largest absolute Gasteiger partial charge is 0.387 e. The van der Waals surface area contributed by atoms with Gasteiger partial charge in [-0.25, -0.2) is 8.42 Å². The highest BCUT2D eigenvalue weighted by atomic mass is 32.2. The van der Waals surface area contributed by atoms with Gasteiger partial charge in [-0.1, -0.05) is 45.0 Å². The third-order valence-corrected chi connectivity index (χ3v) is 10.3. The zero-order chi connectivity index (χ0) is 23.6. The quantitative estimate of drug-likeness (QED) is 0.684. The molecular formula is C26H33N3O3S. The molecule has 1 heterocycles. The average molecular weight is 468 g/mol. The SMILES string of the molecule is CNc1ccc(C(=O)NC2C3(C)CCC(C3)C2(C)C)cc1S(=O)(=O)N1Cc2ccccc2C1. The van der Waals surface area contributed by atoms with E-state index in [1.807, 2.05) is 24.3 Å². The zero-order valence-electron chi connectivity index (χ0n) is 19.8. The molecule has 7 heteroatoms. The van der Waals surface area contributed by atoms with Gasteiger partial charge in [-0.3, -0.25) is 4.79 Å². The second-order valence-corrected chi connectivity index (χ2v) is 12.7. The first-order valence-electron chi connectivity index (χ1n) is 11.8. The molecule has 6 nitrogen and oxygen atoms in total. The van der Waals surface area contributed by atoms with Gasteiger partial charge in [-0.05, 0) is 65.3 Å². The Morgan fingerprint density at radius 1 is 1.06 bits per heavy atom. The van der Waals surface area contributed by atoms with Gasteiger partial charge in [0.15, 0.2) is 0 Å². The van der Waals surface area contributed by atoms with Crippen LogP contribution in [-0.4, -0.2) is 31.7 Å². The van der Waals surface area contributed by atoms with Crippen molar-refractivity contribution in [3.8, 4) is 0 Å². The van der Waals surface area contributed by atoms with Gasteiger partial charge in [0, 0.05) is 31.7 Å². The number of hydrogen-bond acceptors (Lipinski definition) is 4. The molecule has 2 fully saturated rings. The van der Waals surface area contributed by atoms with Crippen LogP contribution in [0.1, 0.15) is 61.5 Å². The van der Waals surface area contributed by atoms with Gasteiger partial charge in [0.05, 0.1) is 5.69 Å². The Morgan fingerprint density at radius 2 is 1.73 bits per heavy atom. The Morgan fingerprint density at radius 3 is 2.30 bits per heavy atom. The van der Waals surface area contributed by atoms with Gasteiger partial charge in [0.1, 0.15) is 4.90 Å². The molecule has 33 heavy (non-hydrogen) atoms. The first kappa shape index (κ1) is 22.4. The van der Waals surface area contributed by atoms with E-state index in [0.29, 0.717) is 30.3 Å². The average Bonchev–Trinajstić information content (AvgIpc) is 3.45. The molecule has 3 atom stereocenters. The molecule has 2 aromatic rings. The molecule has 5 rings (SSSR count). The lowest BCUT2D eigenvalue weighted by molar-refractivity contribution is 0.0737. The van der Waals surface area contributed by atoms with Crippen molar-refractivity contribution in [1.82, 2.24) is 9.62 Å². The van der Waals surface area contributed by atoms with Gasteiger partial charge >= 0.3 is 0 Å². The van der Waals surface area contributed by atoms with Crippen LogP contribution in [0.4, 0.5) is 5.69 Å². The van der Waals surface area contributed by atoms with Crippen molar-refractivity contribution in [3.05, 3.63) is 59.2 Å². The van der Waals surface area contributed by atoms with Crippen molar-refractivity contribution in [1.29, 1.82) is 0 Å². The smallest absolute Gasteiger partial charge is 0.251 e. The Bertz CT molecular complexity index is 1190. The Hall–Kier alpha value is -2.38. The molecule has 0 aromatic heterocycles. The number of anilines is 1. The van der Waals surface area contributed by atoms with E-state index in [4.69, 9.17) is 0 Å². The summed E-state index contributed by atoms with van der Waals surface area (Å²) >= 11 is 0. The standard InChI is InChI=1S/C26H33N3O3S/c1-25(2)20-11-12-26(3,14-20)24(25)28-23(30)17-9-10-21(27-4)22(13-17)33(31,32)29-15-18-7-5-6-8-19(18)16-29/h5-10,13,20,24,27H,11-12,14-16H2,1-4H3,(H,28,30). The molecule has 2 saturated carbocycles. The lowest BCUT2D eigenvalue weighted by atomic mass is 9.68. The number of nitrogens with zero attached hydrogens (tertiary/aromatic N) is 1. The molecule has 0 radical (unpaired) electrons. The zero-order valence-corrected chi connectivity index (χ0v) is 20.6. The van der Waals surface area contributed by atoms with Crippen LogP contribution in [0.2, 0.25) is 0 Å². The molecule has 176 valence electrons. The lowest BCUT2D eigenvalue weighted by Crippen LogP contribution is -2.52. The second-order valence-electron chi connectivity index (χ2n) is 10.8. The van der Waals surface area contributed by atoms with Crippen LogP contribution in [0.15, 0.2) is 47.4 Å². The Labute approximate surface area is 196 Å².